The van der Waals surface area contributed by atoms with E-state index in [9.17, 15) is 4.79 Å². The molecule has 78 valence electrons. The van der Waals surface area contributed by atoms with Crippen molar-refractivity contribution in [3.63, 3.8) is 0 Å². The Morgan fingerprint density at radius 2 is 2.43 bits per heavy atom. The molecule has 1 heterocycles. The van der Waals surface area contributed by atoms with Gasteiger partial charge >= 0.3 is 0 Å². The van der Waals surface area contributed by atoms with Gasteiger partial charge in [0.2, 0.25) is 5.78 Å². The van der Waals surface area contributed by atoms with E-state index in [0.29, 0.717) is 12.4 Å². The highest BCUT2D eigenvalue weighted by Crippen LogP contribution is 2.09. The van der Waals surface area contributed by atoms with E-state index in [1.807, 2.05) is 24.6 Å². The van der Waals surface area contributed by atoms with Crippen molar-refractivity contribution in [2.45, 2.75) is 26.8 Å². The largest absolute Gasteiger partial charge is 0.330 e. The number of aromatic nitrogens is 2. The number of Topliss-reactive ketones (excluding diaryl/α,β-unsaturated/α-hetero) is 1. The molecule has 0 saturated heterocycles. The first kappa shape index (κ1) is 10.9. The summed E-state index contributed by atoms with van der Waals surface area (Å²) in [5, 5.41) is 0. The molecule has 2 N–H and O–H groups in total. The number of hydrogen-bond acceptors (Lipinski definition) is 3. The molecule has 0 bridgehead atoms. The van der Waals surface area contributed by atoms with Crippen LogP contribution in [0.25, 0.3) is 0 Å². The van der Waals surface area contributed by atoms with Crippen LogP contribution in [0.5, 0.6) is 0 Å². The first-order valence-electron chi connectivity index (χ1n) is 4.96. The van der Waals surface area contributed by atoms with Gasteiger partial charge in [0, 0.05) is 24.9 Å². The predicted octanol–water partition coefficient (Wildman–Crippen LogP) is 1.07. The Morgan fingerprint density at radius 1 is 1.71 bits per heavy atom. The number of rotatable bonds is 5. The van der Waals surface area contributed by atoms with Gasteiger partial charge in [-0.15, -0.1) is 0 Å². The van der Waals surface area contributed by atoms with E-state index >= 15 is 0 Å². The van der Waals surface area contributed by atoms with E-state index in [0.717, 1.165) is 13.0 Å². The molecule has 0 aliphatic carbocycles. The Bertz CT molecular complexity index is 306. The standard InChI is InChI=1S/C10H17N3O/c1-3-13-7-6-12-10(13)9(14)8(2)4-5-11/h6-8H,3-5,11H2,1-2H3. The molecule has 1 rings (SSSR count). The number of nitrogens with zero attached hydrogens (tertiary/aromatic N) is 2. The molecule has 0 aliphatic heterocycles. The SMILES string of the molecule is CCn1ccnc1C(=O)C(C)CCN. The second-order valence-corrected chi connectivity index (χ2v) is 3.38. The third-order valence-corrected chi connectivity index (χ3v) is 2.32. The molecular weight excluding hydrogens is 178 g/mol. The molecule has 1 aromatic rings. The van der Waals surface area contributed by atoms with Crippen molar-refractivity contribution in [2.24, 2.45) is 11.7 Å². The van der Waals surface area contributed by atoms with Crippen LogP contribution in [0.2, 0.25) is 0 Å². The molecule has 4 heteroatoms. The van der Waals surface area contributed by atoms with Gasteiger partial charge in [-0.25, -0.2) is 4.98 Å². The second-order valence-electron chi connectivity index (χ2n) is 3.38. The maximum Gasteiger partial charge on any atom is 0.201 e. The van der Waals surface area contributed by atoms with Gasteiger partial charge in [0.05, 0.1) is 0 Å². The average Bonchev–Trinajstić information content (AvgIpc) is 2.64. The maximum atomic E-state index is 11.8. The molecule has 4 nitrogen and oxygen atoms in total. The van der Waals surface area contributed by atoms with Crippen LogP contribution in [-0.2, 0) is 6.54 Å². The topological polar surface area (TPSA) is 60.9 Å². The van der Waals surface area contributed by atoms with Crippen LogP contribution in [0.4, 0.5) is 0 Å². The van der Waals surface area contributed by atoms with E-state index in [1.165, 1.54) is 0 Å². The van der Waals surface area contributed by atoms with Crippen molar-refractivity contribution in [2.75, 3.05) is 6.54 Å². The molecule has 1 unspecified atom stereocenters. The fraction of sp³-hybridized carbons (Fsp3) is 0.600. The summed E-state index contributed by atoms with van der Waals surface area (Å²) in [5.41, 5.74) is 5.41. The Morgan fingerprint density at radius 3 is 3.00 bits per heavy atom. The molecule has 14 heavy (non-hydrogen) atoms. The third-order valence-electron chi connectivity index (χ3n) is 2.32. The predicted molar refractivity (Wildman–Crippen MR) is 55.1 cm³/mol. The van der Waals surface area contributed by atoms with Gasteiger partial charge in [-0.05, 0) is 19.9 Å². The zero-order valence-corrected chi connectivity index (χ0v) is 8.73. The number of nitrogens with two attached hydrogens (primary N) is 1. The lowest BCUT2D eigenvalue weighted by Crippen LogP contribution is -2.19. The van der Waals surface area contributed by atoms with Gasteiger partial charge in [-0.3, -0.25) is 4.79 Å². The van der Waals surface area contributed by atoms with E-state index in [4.69, 9.17) is 5.73 Å². The highest BCUT2D eigenvalue weighted by molar-refractivity contribution is 5.94. The van der Waals surface area contributed by atoms with Gasteiger partial charge in [0.25, 0.3) is 0 Å². The van der Waals surface area contributed by atoms with Crippen molar-refractivity contribution in [3.8, 4) is 0 Å². The highest BCUT2D eigenvalue weighted by atomic mass is 16.1. The summed E-state index contributed by atoms with van der Waals surface area (Å²) >= 11 is 0. The Hall–Kier alpha value is -1.16. The fourth-order valence-corrected chi connectivity index (χ4v) is 1.39. The summed E-state index contributed by atoms with van der Waals surface area (Å²) in [4.78, 5) is 15.9. The highest BCUT2D eigenvalue weighted by Gasteiger charge is 2.18. The van der Waals surface area contributed by atoms with Crippen LogP contribution in [-0.4, -0.2) is 21.9 Å². The lowest BCUT2D eigenvalue weighted by Gasteiger charge is -2.09. The number of carbonyl (C=O) groups is 1. The minimum absolute atomic E-state index is 0.0345. The zero-order chi connectivity index (χ0) is 10.6. The number of ketones is 1. The molecule has 0 saturated carbocycles. The number of carbonyl (C=O) groups excluding carboxylic acids is 1. The molecule has 0 radical (unpaired) electrons. The molecule has 0 spiro atoms. The molecule has 0 amide bonds. The van der Waals surface area contributed by atoms with Crippen molar-refractivity contribution in [1.82, 2.24) is 9.55 Å². The first-order chi connectivity index (χ1) is 6.70. The molecule has 0 fully saturated rings. The monoisotopic (exact) mass is 195 g/mol. The first-order valence-corrected chi connectivity index (χ1v) is 4.96. The minimum Gasteiger partial charge on any atom is -0.330 e. The lowest BCUT2D eigenvalue weighted by molar-refractivity contribution is 0.0910. The summed E-state index contributed by atoms with van der Waals surface area (Å²) < 4.78 is 1.86. The summed E-state index contributed by atoms with van der Waals surface area (Å²) in [6.45, 7) is 5.20. The smallest absolute Gasteiger partial charge is 0.201 e. The van der Waals surface area contributed by atoms with Crippen LogP contribution in [0.1, 0.15) is 30.9 Å². The maximum absolute atomic E-state index is 11.8. The van der Waals surface area contributed by atoms with Gasteiger partial charge in [0.1, 0.15) is 0 Å². The average molecular weight is 195 g/mol. The lowest BCUT2D eigenvalue weighted by atomic mass is 10.0. The Kier molecular flexibility index (Phi) is 3.83. The van der Waals surface area contributed by atoms with E-state index in [-0.39, 0.29) is 11.7 Å². The minimum atomic E-state index is -0.0345. The normalized spacial score (nSPS) is 12.8. The van der Waals surface area contributed by atoms with Crippen LogP contribution in [0.3, 0.4) is 0 Å². The fourth-order valence-electron chi connectivity index (χ4n) is 1.39. The molecule has 1 aromatic heterocycles. The van der Waals surface area contributed by atoms with Gasteiger partial charge < -0.3 is 10.3 Å². The van der Waals surface area contributed by atoms with Gasteiger partial charge in [0.15, 0.2) is 5.82 Å². The van der Waals surface area contributed by atoms with Crippen LogP contribution in [0.15, 0.2) is 12.4 Å². The van der Waals surface area contributed by atoms with E-state index in [2.05, 4.69) is 4.98 Å². The molecular formula is C10H17N3O. The quantitative estimate of drug-likeness (QED) is 0.715. The Balaban J connectivity index is 2.78. The summed E-state index contributed by atoms with van der Waals surface area (Å²) in [6.07, 6.45) is 4.20. The van der Waals surface area contributed by atoms with Crippen molar-refractivity contribution in [1.29, 1.82) is 0 Å². The zero-order valence-electron chi connectivity index (χ0n) is 8.73. The third kappa shape index (κ3) is 2.20. The second kappa shape index (κ2) is 4.91. The summed E-state index contributed by atoms with van der Waals surface area (Å²) in [5.74, 6) is 0.600. The molecule has 1 atom stereocenters. The molecule has 0 aliphatic rings. The van der Waals surface area contributed by atoms with Crippen LogP contribution in [0, 0.1) is 5.92 Å². The van der Waals surface area contributed by atoms with E-state index in [1.54, 1.807) is 6.20 Å². The van der Waals surface area contributed by atoms with E-state index < -0.39 is 0 Å². The van der Waals surface area contributed by atoms with Gasteiger partial charge in [-0.1, -0.05) is 6.92 Å². The van der Waals surface area contributed by atoms with Crippen molar-refractivity contribution in [3.05, 3.63) is 18.2 Å². The van der Waals surface area contributed by atoms with Crippen molar-refractivity contribution < 1.29 is 4.79 Å². The van der Waals surface area contributed by atoms with Gasteiger partial charge in [-0.2, -0.15) is 0 Å². The summed E-state index contributed by atoms with van der Waals surface area (Å²) in [6, 6.07) is 0. The number of imidazole rings is 1. The number of hydrogen-bond donors (Lipinski definition) is 1. The van der Waals surface area contributed by atoms with Crippen LogP contribution >= 0.6 is 0 Å². The van der Waals surface area contributed by atoms with Crippen molar-refractivity contribution >= 4 is 5.78 Å². The summed E-state index contributed by atoms with van der Waals surface area (Å²) in [7, 11) is 0. The number of aryl methyl sites for hydroxylation is 1. The Labute approximate surface area is 84.1 Å². The molecule has 0 aromatic carbocycles. The van der Waals surface area contributed by atoms with Crippen LogP contribution < -0.4 is 5.73 Å².